The number of hydrogen-bond acceptors (Lipinski definition) is 6. The number of amidine groups is 1. The Balaban J connectivity index is 1.72. The quantitative estimate of drug-likeness (QED) is 0.605. The summed E-state index contributed by atoms with van der Waals surface area (Å²) in [6.07, 6.45) is 7.51. The maximum Gasteiger partial charge on any atom is 0.311 e. The first kappa shape index (κ1) is 16.5. The van der Waals surface area contributed by atoms with Gasteiger partial charge in [-0.25, -0.2) is 0 Å². The first-order chi connectivity index (χ1) is 12.7. The van der Waals surface area contributed by atoms with Gasteiger partial charge in [0, 0.05) is 29.8 Å². The minimum atomic E-state index is -0.375. The van der Waals surface area contributed by atoms with Gasteiger partial charge in [-0.3, -0.25) is 20.1 Å². The Morgan fingerprint density at radius 2 is 1.96 bits per heavy atom. The van der Waals surface area contributed by atoms with Crippen molar-refractivity contribution in [3.05, 3.63) is 94.6 Å². The highest BCUT2D eigenvalue weighted by Crippen LogP contribution is 2.39. The van der Waals surface area contributed by atoms with Gasteiger partial charge in [-0.2, -0.15) is 0 Å². The summed E-state index contributed by atoms with van der Waals surface area (Å²) >= 11 is 1.68. The van der Waals surface area contributed by atoms with Crippen molar-refractivity contribution in [3.8, 4) is 0 Å². The number of aliphatic imine (C=N–C) groups is 1. The lowest BCUT2D eigenvalue weighted by Gasteiger charge is -2.37. The van der Waals surface area contributed by atoms with Crippen molar-refractivity contribution in [1.29, 1.82) is 0 Å². The molecule has 26 heavy (non-hydrogen) atoms. The van der Waals surface area contributed by atoms with Crippen LogP contribution >= 0.6 is 11.8 Å². The van der Waals surface area contributed by atoms with E-state index in [4.69, 9.17) is 0 Å². The molecule has 0 saturated carbocycles. The zero-order valence-corrected chi connectivity index (χ0v) is 14.6. The second-order valence-corrected chi connectivity index (χ2v) is 7.15. The molecule has 0 fully saturated rings. The highest BCUT2D eigenvalue weighted by Gasteiger charge is 2.38. The lowest BCUT2D eigenvalue weighted by molar-refractivity contribution is -0.416. The van der Waals surface area contributed by atoms with Crippen LogP contribution in [0.5, 0.6) is 0 Å². The van der Waals surface area contributed by atoms with Gasteiger partial charge < -0.3 is 4.90 Å². The summed E-state index contributed by atoms with van der Waals surface area (Å²) in [5.41, 5.74) is 0.849. The summed E-state index contributed by atoms with van der Waals surface area (Å²) in [4.78, 5) is 23.2. The molecule has 1 aromatic carbocycles. The van der Waals surface area contributed by atoms with Crippen LogP contribution < -0.4 is 0 Å². The van der Waals surface area contributed by atoms with Crippen LogP contribution in [0.2, 0.25) is 0 Å². The molecule has 0 amide bonds. The summed E-state index contributed by atoms with van der Waals surface area (Å²) < 4.78 is 0. The fraction of sp³-hybridized carbons (Fsp3) is 0.158. The number of rotatable bonds is 4. The lowest BCUT2D eigenvalue weighted by Crippen LogP contribution is -2.42. The van der Waals surface area contributed by atoms with Gasteiger partial charge in [0.2, 0.25) is 5.84 Å². The lowest BCUT2D eigenvalue weighted by atomic mass is 10.1. The van der Waals surface area contributed by atoms with Crippen molar-refractivity contribution in [1.82, 2.24) is 9.88 Å². The predicted molar refractivity (Wildman–Crippen MR) is 101 cm³/mol. The standard InChI is InChI=1S/C19H16N4O2S/c24-23(25)17-10-6-12-22-18(26-14-7-2-1-3-8-14)13-16(21-19(17)22)15-9-4-5-11-20-15/h1-12,16,18H,13H2. The van der Waals surface area contributed by atoms with Crippen LogP contribution in [0.1, 0.15) is 18.2 Å². The second-order valence-electron chi connectivity index (χ2n) is 5.90. The highest BCUT2D eigenvalue weighted by atomic mass is 32.2. The molecule has 6 nitrogen and oxygen atoms in total. The predicted octanol–water partition coefficient (Wildman–Crippen LogP) is 4.03. The summed E-state index contributed by atoms with van der Waals surface area (Å²) in [7, 11) is 0. The third-order valence-corrected chi connectivity index (χ3v) is 5.46. The Morgan fingerprint density at radius 1 is 1.15 bits per heavy atom. The van der Waals surface area contributed by atoms with Gasteiger partial charge in [0.1, 0.15) is 0 Å². The second kappa shape index (κ2) is 7.13. The number of benzene rings is 1. The molecular formula is C19H16N4O2S. The highest BCUT2D eigenvalue weighted by molar-refractivity contribution is 7.99. The van der Waals surface area contributed by atoms with Gasteiger partial charge in [0.15, 0.2) is 0 Å². The van der Waals surface area contributed by atoms with Gasteiger partial charge in [0.25, 0.3) is 0 Å². The van der Waals surface area contributed by atoms with E-state index >= 15 is 0 Å². The van der Waals surface area contributed by atoms with E-state index in [1.165, 1.54) is 6.08 Å². The average Bonchev–Trinajstić information content (AvgIpc) is 2.69. The molecule has 0 spiro atoms. The molecule has 0 bridgehead atoms. The molecule has 3 heterocycles. The summed E-state index contributed by atoms with van der Waals surface area (Å²) in [6.45, 7) is 0. The molecule has 0 saturated heterocycles. The van der Waals surface area contributed by atoms with Crippen molar-refractivity contribution in [2.45, 2.75) is 22.7 Å². The van der Waals surface area contributed by atoms with E-state index in [0.29, 0.717) is 5.84 Å². The number of hydrogen-bond donors (Lipinski definition) is 0. The van der Waals surface area contributed by atoms with Crippen LogP contribution in [-0.4, -0.2) is 26.0 Å². The molecule has 4 rings (SSSR count). The van der Waals surface area contributed by atoms with E-state index < -0.39 is 0 Å². The molecule has 2 aliphatic heterocycles. The number of nitrogens with zero attached hydrogens (tertiary/aromatic N) is 4. The molecular weight excluding hydrogens is 348 g/mol. The zero-order valence-electron chi connectivity index (χ0n) is 13.8. The van der Waals surface area contributed by atoms with Crippen molar-refractivity contribution in [2.24, 2.45) is 4.99 Å². The Kier molecular flexibility index (Phi) is 4.53. The van der Waals surface area contributed by atoms with Crippen molar-refractivity contribution in [3.63, 3.8) is 0 Å². The Bertz CT molecular complexity index is 896. The zero-order chi connectivity index (χ0) is 17.9. The molecule has 0 aliphatic carbocycles. The summed E-state index contributed by atoms with van der Waals surface area (Å²) in [6, 6.07) is 15.5. The molecule has 1 aromatic heterocycles. The maximum absolute atomic E-state index is 11.5. The van der Waals surface area contributed by atoms with E-state index in [-0.39, 0.29) is 22.0 Å². The maximum atomic E-state index is 11.5. The molecule has 2 aliphatic rings. The van der Waals surface area contributed by atoms with Gasteiger partial charge in [0.05, 0.1) is 22.0 Å². The van der Waals surface area contributed by atoms with Gasteiger partial charge in [-0.1, -0.05) is 24.3 Å². The first-order valence-electron chi connectivity index (χ1n) is 8.24. The number of thioether (sulfide) groups is 1. The largest absolute Gasteiger partial charge is 0.315 e. The minimum absolute atomic E-state index is 0.00296. The SMILES string of the molecule is O=[N+]([O-])C1=CC=CN2C1=NC(c1ccccn1)CC2Sc1ccccc1. The monoisotopic (exact) mass is 364 g/mol. The smallest absolute Gasteiger partial charge is 0.311 e. The first-order valence-corrected chi connectivity index (χ1v) is 9.12. The number of nitro groups is 1. The fourth-order valence-corrected chi connectivity index (χ4v) is 4.23. The third kappa shape index (κ3) is 3.25. The van der Waals surface area contributed by atoms with Crippen molar-refractivity contribution in [2.75, 3.05) is 0 Å². The van der Waals surface area contributed by atoms with Crippen LogP contribution in [0.15, 0.2) is 88.7 Å². The minimum Gasteiger partial charge on any atom is -0.315 e. The third-order valence-electron chi connectivity index (χ3n) is 4.23. The molecule has 7 heteroatoms. The van der Waals surface area contributed by atoms with Crippen LogP contribution in [0.25, 0.3) is 0 Å². The Morgan fingerprint density at radius 3 is 2.69 bits per heavy atom. The molecule has 2 aromatic rings. The number of fused-ring (bicyclic) bond motifs is 1. The summed E-state index contributed by atoms with van der Waals surface area (Å²) in [5, 5.41) is 11.5. The Hall–Kier alpha value is -2.93. The summed E-state index contributed by atoms with van der Waals surface area (Å²) in [5.74, 6) is 0.396. The van der Waals surface area contributed by atoms with Crippen molar-refractivity contribution < 1.29 is 4.92 Å². The van der Waals surface area contributed by atoms with E-state index in [0.717, 1.165) is 17.0 Å². The number of pyridine rings is 1. The molecule has 2 atom stereocenters. The van der Waals surface area contributed by atoms with Gasteiger partial charge >= 0.3 is 5.70 Å². The van der Waals surface area contributed by atoms with Crippen molar-refractivity contribution >= 4 is 17.6 Å². The molecule has 2 unspecified atom stereocenters. The molecule has 0 radical (unpaired) electrons. The van der Waals surface area contributed by atoms with E-state index in [9.17, 15) is 10.1 Å². The van der Waals surface area contributed by atoms with Gasteiger partial charge in [-0.15, -0.1) is 11.8 Å². The normalized spacial score (nSPS) is 21.6. The number of allylic oxidation sites excluding steroid dienone is 2. The van der Waals surface area contributed by atoms with Crippen LogP contribution in [-0.2, 0) is 0 Å². The van der Waals surface area contributed by atoms with E-state index in [1.807, 2.05) is 59.6 Å². The number of aromatic nitrogens is 1. The average molecular weight is 364 g/mol. The van der Waals surface area contributed by atoms with Crippen LogP contribution in [0.3, 0.4) is 0 Å². The topological polar surface area (TPSA) is 71.6 Å². The van der Waals surface area contributed by atoms with Crippen LogP contribution in [0, 0.1) is 10.1 Å². The van der Waals surface area contributed by atoms with E-state index in [1.54, 1.807) is 24.0 Å². The fourth-order valence-electron chi connectivity index (χ4n) is 3.04. The Labute approximate surface area is 155 Å². The molecule has 130 valence electrons. The molecule has 0 N–H and O–H groups in total. The van der Waals surface area contributed by atoms with E-state index in [2.05, 4.69) is 9.98 Å². The van der Waals surface area contributed by atoms with Crippen LogP contribution in [0.4, 0.5) is 0 Å². The van der Waals surface area contributed by atoms with Gasteiger partial charge in [-0.05, 0) is 30.3 Å².